The van der Waals surface area contributed by atoms with E-state index in [9.17, 15) is 9.59 Å². The third kappa shape index (κ3) is 6.15. The molecule has 4 aromatic carbocycles. The number of para-hydroxylation sites is 1. The highest BCUT2D eigenvalue weighted by molar-refractivity contribution is 6.42. The van der Waals surface area contributed by atoms with E-state index in [0.29, 0.717) is 44.0 Å². The molecule has 0 spiro atoms. The highest BCUT2D eigenvalue weighted by Gasteiger charge is 2.32. The van der Waals surface area contributed by atoms with Crippen LogP contribution in [0.5, 0.6) is 5.75 Å². The zero-order chi connectivity index (χ0) is 27.4. The molecule has 9 heteroatoms. The number of carbonyl (C=O) groups excluding carboxylic acids is 2. The molecule has 5 rings (SSSR count). The van der Waals surface area contributed by atoms with Crippen LogP contribution in [0.25, 0.3) is 6.08 Å². The summed E-state index contributed by atoms with van der Waals surface area (Å²) in [7, 11) is 0. The number of halogens is 3. The number of benzene rings is 4. The average Bonchev–Trinajstić information content (AvgIpc) is 3.27. The van der Waals surface area contributed by atoms with Crippen LogP contribution in [-0.2, 0) is 9.59 Å². The second-order valence-corrected chi connectivity index (χ2v) is 9.70. The van der Waals surface area contributed by atoms with E-state index in [-0.39, 0.29) is 17.5 Å². The summed E-state index contributed by atoms with van der Waals surface area (Å²) in [4.78, 5) is 25.8. The molecule has 0 atom stereocenters. The van der Waals surface area contributed by atoms with Gasteiger partial charge >= 0.3 is 0 Å². The first-order chi connectivity index (χ1) is 18.9. The molecular formula is C30H20Cl3N3O3. The van der Waals surface area contributed by atoms with Gasteiger partial charge in [-0.2, -0.15) is 10.1 Å². The van der Waals surface area contributed by atoms with Gasteiger partial charge < -0.3 is 10.1 Å². The third-order valence-corrected chi connectivity index (χ3v) is 6.79. The van der Waals surface area contributed by atoms with Crippen molar-refractivity contribution in [1.29, 1.82) is 0 Å². The van der Waals surface area contributed by atoms with E-state index in [1.165, 1.54) is 5.01 Å². The standard InChI is InChI=1S/C30H20Cl3N3O3/c31-24-13-12-21(17-25(24)32)34-28(37)18-39-27-14-11-19(16-26(27)33)15-23-29(20-7-3-1-4-8-20)35-36(30(23)38)22-9-5-2-6-10-22/h1-17H,18H2,(H,34,37)/b23-15-. The van der Waals surface area contributed by atoms with E-state index in [4.69, 9.17) is 39.5 Å². The Labute approximate surface area is 240 Å². The number of hydrazone groups is 1. The van der Waals surface area contributed by atoms with Crippen LogP contribution in [0.2, 0.25) is 15.1 Å². The van der Waals surface area contributed by atoms with Crippen molar-refractivity contribution in [2.75, 3.05) is 16.9 Å². The lowest BCUT2D eigenvalue weighted by Gasteiger charge is -2.11. The van der Waals surface area contributed by atoms with Gasteiger partial charge in [0.25, 0.3) is 11.8 Å². The van der Waals surface area contributed by atoms with Crippen molar-refractivity contribution < 1.29 is 14.3 Å². The lowest BCUT2D eigenvalue weighted by atomic mass is 10.0. The minimum Gasteiger partial charge on any atom is -0.482 e. The van der Waals surface area contributed by atoms with Gasteiger partial charge in [0.05, 0.1) is 26.3 Å². The minimum atomic E-state index is -0.392. The molecule has 0 aromatic heterocycles. The Hall–Kier alpha value is -4.10. The van der Waals surface area contributed by atoms with E-state index < -0.39 is 5.91 Å². The van der Waals surface area contributed by atoms with Gasteiger partial charge in [0, 0.05) is 11.3 Å². The smallest absolute Gasteiger partial charge is 0.281 e. The largest absolute Gasteiger partial charge is 0.482 e. The molecule has 0 saturated carbocycles. The second kappa shape index (κ2) is 11.7. The maximum atomic E-state index is 13.4. The number of rotatable bonds is 7. The zero-order valence-corrected chi connectivity index (χ0v) is 22.5. The Morgan fingerprint density at radius 2 is 1.56 bits per heavy atom. The molecule has 1 N–H and O–H groups in total. The van der Waals surface area contributed by atoms with Gasteiger partial charge in [-0.1, -0.05) is 89.4 Å². The molecule has 2 amide bonds. The van der Waals surface area contributed by atoms with Crippen LogP contribution in [0.3, 0.4) is 0 Å². The Bertz CT molecular complexity index is 1610. The molecule has 0 bridgehead atoms. The van der Waals surface area contributed by atoms with Gasteiger partial charge in [-0.15, -0.1) is 0 Å². The molecule has 0 unspecified atom stereocenters. The van der Waals surface area contributed by atoms with Gasteiger partial charge in [-0.3, -0.25) is 9.59 Å². The Balaban J connectivity index is 1.34. The predicted molar refractivity (Wildman–Crippen MR) is 157 cm³/mol. The summed E-state index contributed by atoms with van der Waals surface area (Å²) >= 11 is 18.4. The Morgan fingerprint density at radius 3 is 2.26 bits per heavy atom. The normalized spacial score (nSPS) is 13.9. The number of hydrogen-bond donors (Lipinski definition) is 1. The highest BCUT2D eigenvalue weighted by Crippen LogP contribution is 2.31. The molecule has 0 aliphatic carbocycles. The summed E-state index contributed by atoms with van der Waals surface area (Å²) in [5.74, 6) is -0.323. The second-order valence-electron chi connectivity index (χ2n) is 8.48. The number of ether oxygens (including phenoxy) is 1. The van der Waals surface area contributed by atoms with Crippen LogP contribution in [0, 0.1) is 0 Å². The van der Waals surface area contributed by atoms with Crippen molar-refractivity contribution >= 4 is 69.8 Å². The van der Waals surface area contributed by atoms with Gasteiger partial charge in [-0.05, 0) is 54.1 Å². The first kappa shape index (κ1) is 26.5. The van der Waals surface area contributed by atoms with E-state index in [0.717, 1.165) is 5.56 Å². The summed E-state index contributed by atoms with van der Waals surface area (Å²) in [5.41, 5.74) is 3.63. The zero-order valence-electron chi connectivity index (χ0n) is 20.3. The number of amides is 2. The van der Waals surface area contributed by atoms with Crippen molar-refractivity contribution in [3.63, 3.8) is 0 Å². The predicted octanol–water partition coefficient (Wildman–Crippen LogP) is 7.50. The van der Waals surface area contributed by atoms with Crippen LogP contribution in [0.1, 0.15) is 11.1 Å². The number of carbonyl (C=O) groups is 2. The molecule has 0 radical (unpaired) electrons. The van der Waals surface area contributed by atoms with Crippen LogP contribution in [0.15, 0.2) is 108 Å². The maximum absolute atomic E-state index is 13.4. The summed E-state index contributed by atoms with van der Waals surface area (Å²) in [6.45, 7) is -0.268. The molecule has 1 heterocycles. The number of anilines is 2. The molecule has 6 nitrogen and oxygen atoms in total. The molecule has 0 saturated heterocycles. The fraction of sp³-hybridized carbons (Fsp3) is 0.0333. The monoisotopic (exact) mass is 575 g/mol. The van der Waals surface area contributed by atoms with Gasteiger partial charge in [-0.25, -0.2) is 0 Å². The first-order valence-electron chi connectivity index (χ1n) is 11.8. The van der Waals surface area contributed by atoms with E-state index in [2.05, 4.69) is 10.4 Å². The van der Waals surface area contributed by atoms with E-state index in [1.807, 2.05) is 60.7 Å². The minimum absolute atomic E-state index is 0.254. The molecule has 1 aliphatic rings. The van der Waals surface area contributed by atoms with Crippen LogP contribution < -0.4 is 15.1 Å². The van der Waals surface area contributed by atoms with Crippen molar-refractivity contribution in [2.24, 2.45) is 5.10 Å². The molecular weight excluding hydrogens is 557 g/mol. The van der Waals surface area contributed by atoms with Crippen molar-refractivity contribution in [2.45, 2.75) is 0 Å². The number of hydrogen-bond acceptors (Lipinski definition) is 4. The summed E-state index contributed by atoms with van der Waals surface area (Å²) < 4.78 is 5.61. The molecule has 1 aliphatic heterocycles. The fourth-order valence-corrected chi connectivity index (χ4v) is 4.44. The average molecular weight is 577 g/mol. The molecule has 39 heavy (non-hydrogen) atoms. The van der Waals surface area contributed by atoms with E-state index >= 15 is 0 Å². The van der Waals surface area contributed by atoms with Gasteiger partial charge in [0.15, 0.2) is 6.61 Å². The SMILES string of the molecule is O=C(COc1ccc(/C=C2\C(=O)N(c3ccccc3)N=C2c2ccccc2)cc1Cl)Nc1ccc(Cl)c(Cl)c1. The summed E-state index contributed by atoms with van der Waals surface area (Å²) in [6, 6.07) is 28.6. The lowest BCUT2D eigenvalue weighted by Crippen LogP contribution is -2.21. The van der Waals surface area contributed by atoms with Gasteiger partial charge in [0.2, 0.25) is 0 Å². The van der Waals surface area contributed by atoms with E-state index in [1.54, 1.807) is 42.5 Å². The topological polar surface area (TPSA) is 71.0 Å². The fourth-order valence-electron chi connectivity index (χ4n) is 3.90. The summed E-state index contributed by atoms with van der Waals surface area (Å²) in [5, 5.41) is 9.72. The first-order valence-corrected chi connectivity index (χ1v) is 13.0. The number of nitrogens with one attached hydrogen (secondary N) is 1. The van der Waals surface area contributed by atoms with Crippen molar-refractivity contribution in [3.8, 4) is 5.75 Å². The quantitative estimate of drug-likeness (QED) is 0.232. The lowest BCUT2D eigenvalue weighted by molar-refractivity contribution is -0.118. The van der Waals surface area contributed by atoms with Crippen molar-refractivity contribution in [1.82, 2.24) is 0 Å². The van der Waals surface area contributed by atoms with Crippen LogP contribution in [-0.4, -0.2) is 24.1 Å². The van der Waals surface area contributed by atoms with Crippen molar-refractivity contribution in [3.05, 3.63) is 129 Å². The Kier molecular flexibility index (Phi) is 7.98. The van der Waals surface area contributed by atoms with Crippen LogP contribution in [0.4, 0.5) is 11.4 Å². The molecule has 4 aromatic rings. The maximum Gasteiger partial charge on any atom is 0.281 e. The highest BCUT2D eigenvalue weighted by atomic mass is 35.5. The number of nitrogens with zero attached hydrogens (tertiary/aromatic N) is 2. The summed E-state index contributed by atoms with van der Waals surface area (Å²) in [6.07, 6.45) is 1.74. The molecule has 0 fully saturated rings. The molecule has 194 valence electrons. The third-order valence-electron chi connectivity index (χ3n) is 5.75. The van der Waals surface area contributed by atoms with Crippen LogP contribution >= 0.6 is 34.8 Å². The Morgan fingerprint density at radius 1 is 0.846 bits per heavy atom. The van der Waals surface area contributed by atoms with Gasteiger partial charge in [0.1, 0.15) is 11.5 Å².